The lowest BCUT2D eigenvalue weighted by Gasteiger charge is -2.27. The molecule has 0 bridgehead atoms. The predicted octanol–water partition coefficient (Wildman–Crippen LogP) is 6.59. The Morgan fingerprint density at radius 1 is 0.844 bits per heavy atom. The summed E-state index contributed by atoms with van der Waals surface area (Å²) >= 11 is 12.1. The van der Waals surface area contributed by atoms with E-state index in [9.17, 15) is 9.90 Å². The molecule has 2 heterocycles. The van der Waals surface area contributed by atoms with E-state index in [-0.39, 0.29) is 5.76 Å². The number of pyridine rings is 1. The third kappa shape index (κ3) is 3.72. The van der Waals surface area contributed by atoms with Gasteiger partial charge in [-0.2, -0.15) is 0 Å². The molecule has 6 heteroatoms. The van der Waals surface area contributed by atoms with Crippen LogP contribution in [0.3, 0.4) is 0 Å². The van der Waals surface area contributed by atoms with Crippen LogP contribution in [-0.4, -0.2) is 20.9 Å². The second-order valence-corrected chi connectivity index (χ2v) is 8.54. The third-order valence-electron chi connectivity index (χ3n) is 5.63. The van der Waals surface area contributed by atoms with Crippen molar-refractivity contribution in [3.05, 3.63) is 118 Å². The average molecular weight is 461 g/mol. The first-order valence-corrected chi connectivity index (χ1v) is 10.9. The number of amides is 1. The van der Waals surface area contributed by atoms with Crippen LogP contribution in [-0.2, 0) is 11.3 Å². The first-order valence-electron chi connectivity index (χ1n) is 10.1. The van der Waals surface area contributed by atoms with Gasteiger partial charge in [0, 0.05) is 22.0 Å². The first-order chi connectivity index (χ1) is 15.5. The van der Waals surface area contributed by atoms with Crippen LogP contribution in [0.15, 0.2) is 90.7 Å². The maximum absolute atomic E-state index is 13.2. The molecule has 1 N–H and O–H groups in total. The number of para-hydroxylation sites is 1. The maximum Gasteiger partial charge on any atom is 0.290 e. The van der Waals surface area contributed by atoms with Crippen molar-refractivity contribution in [3.63, 3.8) is 0 Å². The van der Waals surface area contributed by atoms with Gasteiger partial charge in [-0.15, -0.1) is 0 Å². The number of carbonyl (C=O) groups is 1. The number of aliphatic hydroxyl groups excluding tert-OH is 1. The highest BCUT2D eigenvalue weighted by Gasteiger charge is 2.41. The van der Waals surface area contributed by atoms with E-state index in [4.69, 9.17) is 28.2 Å². The highest BCUT2D eigenvalue weighted by molar-refractivity contribution is 6.30. The molecule has 1 atom stereocenters. The molecule has 158 valence electrons. The van der Waals surface area contributed by atoms with Crippen molar-refractivity contribution in [1.29, 1.82) is 0 Å². The number of nitrogens with zero attached hydrogens (tertiary/aromatic N) is 2. The molecule has 4 aromatic rings. The zero-order valence-corrected chi connectivity index (χ0v) is 18.4. The van der Waals surface area contributed by atoms with E-state index in [2.05, 4.69) is 0 Å². The summed E-state index contributed by atoms with van der Waals surface area (Å²) in [5.41, 5.74) is 3.59. The fourth-order valence-corrected chi connectivity index (χ4v) is 4.32. The smallest absolute Gasteiger partial charge is 0.290 e. The number of hydrogen-bond acceptors (Lipinski definition) is 3. The van der Waals surface area contributed by atoms with Gasteiger partial charge in [-0.05, 0) is 47.5 Å². The molecule has 0 saturated carbocycles. The van der Waals surface area contributed by atoms with Gasteiger partial charge in [0.15, 0.2) is 5.76 Å². The highest BCUT2D eigenvalue weighted by Crippen LogP contribution is 2.43. The van der Waals surface area contributed by atoms with Crippen LogP contribution in [0, 0.1) is 0 Å². The molecule has 0 saturated heterocycles. The lowest BCUT2D eigenvalue weighted by atomic mass is 9.96. The van der Waals surface area contributed by atoms with Crippen LogP contribution < -0.4 is 0 Å². The summed E-state index contributed by atoms with van der Waals surface area (Å²) in [5.74, 6) is -0.730. The van der Waals surface area contributed by atoms with Crippen molar-refractivity contribution < 1.29 is 9.90 Å². The van der Waals surface area contributed by atoms with Crippen LogP contribution in [0.2, 0.25) is 10.0 Å². The number of aliphatic hydroxyl groups is 1. The summed E-state index contributed by atoms with van der Waals surface area (Å²) in [5, 5.41) is 13.2. The number of rotatable bonds is 4. The first kappa shape index (κ1) is 20.6. The van der Waals surface area contributed by atoms with Gasteiger partial charge in [0.1, 0.15) is 0 Å². The Morgan fingerprint density at radius 3 is 2.22 bits per heavy atom. The standard InChI is InChI=1S/C26H18Cl2N2O2/c27-19-10-5-16(6-11-19)15-30-24(18-7-12-20(28)13-8-18)23(25(31)26(30)32)22-14-9-17-3-1-2-4-21(17)29-22/h1-14,24,31H,15H2. The highest BCUT2D eigenvalue weighted by atomic mass is 35.5. The Morgan fingerprint density at radius 2 is 1.50 bits per heavy atom. The fourth-order valence-electron chi connectivity index (χ4n) is 4.07. The number of aromatic nitrogens is 1. The molecule has 3 aromatic carbocycles. The van der Waals surface area contributed by atoms with Gasteiger partial charge in [0.25, 0.3) is 5.91 Å². The van der Waals surface area contributed by atoms with E-state index in [1.165, 1.54) is 0 Å². The van der Waals surface area contributed by atoms with Gasteiger partial charge in [0.2, 0.25) is 0 Å². The van der Waals surface area contributed by atoms with E-state index in [1.807, 2.05) is 60.7 Å². The summed E-state index contributed by atoms with van der Waals surface area (Å²) in [4.78, 5) is 19.6. The molecular weight excluding hydrogens is 443 g/mol. The zero-order chi connectivity index (χ0) is 22.2. The van der Waals surface area contributed by atoms with Gasteiger partial charge < -0.3 is 10.0 Å². The molecule has 32 heavy (non-hydrogen) atoms. The molecule has 0 fully saturated rings. The van der Waals surface area contributed by atoms with E-state index in [0.717, 1.165) is 22.0 Å². The molecule has 1 aromatic heterocycles. The van der Waals surface area contributed by atoms with Gasteiger partial charge in [0.05, 0.1) is 22.8 Å². The van der Waals surface area contributed by atoms with Gasteiger partial charge >= 0.3 is 0 Å². The van der Waals surface area contributed by atoms with Crippen molar-refractivity contribution in [2.24, 2.45) is 0 Å². The van der Waals surface area contributed by atoms with Crippen LogP contribution in [0.1, 0.15) is 22.9 Å². The lowest BCUT2D eigenvalue weighted by molar-refractivity contribution is -0.130. The van der Waals surface area contributed by atoms with Gasteiger partial charge in [-0.1, -0.05) is 71.7 Å². The minimum atomic E-state index is -0.510. The van der Waals surface area contributed by atoms with Crippen molar-refractivity contribution in [2.75, 3.05) is 0 Å². The molecule has 1 unspecified atom stereocenters. The fraction of sp³-hybridized carbons (Fsp3) is 0.0769. The van der Waals surface area contributed by atoms with E-state index in [0.29, 0.717) is 27.9 Å². The van der Waals surface area contributed by atoms with E-state index >= 15 is 0 Å². The number of benzene rings is 3. The lowest BCUT2D eigenvalue weighted by Crippen LogP contribution is -2.29. The predicted molar refractivity (Wildman–Crippen MR) is 127 cm³/mol. The monoisotopic (exact) mass is 460 g/mol. The molecule has 1 amide bonds. The van der Waals surface area contributed by atoms with Crippen molar-refractivity contribution in [1.82, 2.24) is 9.88 Å². The molecule has 0 radical (unpaired) electrons. The Hall–Kier alpha value is -3.34. The SMILES string of the molecule is O=C1C(O)=C(c2ccc3ccccc3n2)C(c2ccc(Cl)cc2)N1Cc1ccc(Cl)cc1. The Bertz CT molecular complexity index is 1350. The second kappa shape index (κ2) is 8.30. The summed E-state index contributed by atoms with van der Waals surface area (Å²) in [7, 11) is 0. The van der Waals surface area contributed by atoms with E-state index < -0.39 is 11.9 Å². The summed E-state index contributed by atoms with van der Waals surface area (Å²) < 4.78 is 0. The third-order valence-corrected chi connectivity index (χ3v) is 6.13. The Labute approximate surface area is 195 Å². The molecule has 5 rings (SSSR count). The quantitative estimate of drug-likeness (QED) is 0.373. The van der Waals surface area contributed by atoms with Gasteiger partial charge in [-0.3, -0.25) is 4.79 Å². The van der Waals surface area contributed by atoms with Crippen molar-refractivity contribution in [3.8, 4) is 0 Å². The minimum Gasteiger partial charge on any atom is -0.503 e. The second-order valence-electron chi connectivity index (χ2n) is 7.67. The number of hydrogen-bond donors (Lipinski definition) is 1. The number of fused-ring (bicyclic) bond motifs is 1. The van der Waals surface area contributed by atoms with Gasteiger partial charge in [-0.25, -0.2) is 4.98 Å². The van der Waals surface area contributed by atoms with Crippen molar-refractivity contribution in [2.45, 2.75) is 12.6 Å². The molecule has 0 spiro atoms. The zero-order valence-electron chi connectivity index (χ0n) is 16.9. The topological polar surface area (TPSA) is 53.4 Å². The molecule has 1 aliphatic heterocycles. The van der Waals surface area contributed by atoms with Crippen LogP contribution in [0.5, 0.6) is 0 Å². The van der Waals surface area contributed by atoms with Crippen LogP contribution in [0.25, 0.3) is 16.5 Å². The molecular formula is C26H18Cl2N2O2. The normalized spacial score (nSPS) is 16.2. The average Bonchev–Trinajstić information content (AvgIpc) is 3.05. The molecule has 0 aliphatic carbocycles. The summed E-state index contributed by atoms with van der Waals surface area (Å²) in [6.07, 6.45) is 0. The van der Waals surface area contributed by atoms with Crippen LogP contribution in [0.4, 0.5) is 0 Å². The number of carbonyl (C=O) groups excluding carboxylic acids is 1. The maximum atomic E-state index is 13.2. The minimum absolute atomic E-state index is 0.290. The summed E-state index contributed by atoms with van der Waals surface area (Å²) in [6.45, 7) is 0.310. The number of halogens is 2. The molecule has 1 aliphatic rings. The van der Waals surface area contributed by atoms with Crippen molar-refractivity contribution >= 4 is 45.6 Å². The Kier molecular flexibility index (Phi) is 5.33. The summed E-state index contributed by atoms with van der Waals surface area (Å²) in [6, 6.07) is 25.6. The Balaban J connectivity index is 1.63. The van der Waals surface area contributed by atoms with E-state index in [1.54, 1.807) is 29.2 Å². The molecule has 4 nitrogen and oxygen atoms in total. The van der Waals surface area contributed by atoms with Crippen LogP contribution >= 0.6 is 23.2 Å². The largest absolute Gasteiger partial charge is 0.503 e.